The summed E-state index contributed by atoms with van der Waals surface area (Å²) >= 11 is 6.02. The van der Waals surface area contributed by atoms with E-state index in [2.05, 4.69) is 9.72 Å². The van der Waals surface area contributed by atoms with E-state index in [-0.39, 0.29) is 5.75 Å². The number of alkyl halides is 3. The summed E-state index contributed by atoms with van der Waals surface area (Å²) in [7, 11) is 0. The second-order valence-electron chi connectivity index (χ2n) is 5.07. The van der Waals surface area contributed by atoms with E-state index in [1.807, 2.05) is 23.6 Å². The van der Waals surface area contributed by atoms with Gasteiger partial charge in [0, 0.05) is 11.6 Å². The average Bonchev–Trinajstić information content (AvgIpc) is 2.75. The van der Waals surface area contributed by atoms with E-state index < -0.39 is 6.36 Å². The lowest BCUT2D eigenvalue weighted by Crippen LogP contribution is -2.17. The van der Waals surface area contributed by atoms with Gasteiger partial charge in [0.15, 0.2) is 0 Å². The number of ether oxygens (including phenoxy) is 1. The lowest BCUT2D eigenvalue weighted by Gasteiger charge is -2.10. The molecule has 1 aromatic heterocycles. The first-order valence-corrected chi connectivity index (χ1v) is 7.17. The number of hydrogen-bond donors (Lipinski definition) is 0. The minimum absolute atomic E-state index is 0.239. The topological polar surface area (TPSA) is 27.1 Å². The van der Waals surface area contributed by atoms with Crippen LogP contribution < -0.4 is 4.74 Å². The Labute approximate surface area is 135 Å². The molecule has 7 heteroatoms. The Morgan fingerprint density at radius 1 is 1.13 bits per heavy atom. The van der Waals surface area contributed by atoms with Crippen LogP contribution in [0.5, 0.6) is 5.75 Å². The van der Waals surface area contributed by atoms with Gasteiger partial charge in [0.1, 0.15) is 11.6 Å². The number of imidazole rings is 1. The van der Waals surface area contributed by atoms with Crippen molar-refractivity contribution >= 4 is 22.6 Å². The van der Waals surface area contributed by atoms with Gasteiger partial charge in [-0.2, -0.15) is 0 Å². The number of rotatable bonds is 3. The molecule has 0 fully saturated rings. The highest BCUT2D eigenvalue weighted by atomic mass is 35.5. The molecule has 120 valence electrons. The molecule has 2 aromatic carbocycles. The lowest BCUT2D eigenvalue weighted by molar-refractivity contribution is -0.274. The number of benzene rings is 2. The third-order valence-electron chi connectivity index (χ3n) is 3.40. The molecule has 0 unspecified atom stereocenters. The Morgan fingerprint density at radius 3 is 2.48 bits per heavy atom. The average molecular weight is 341 g/mol. The molecule has 3 rings (SSSR count). The highest BCUT2D eigenvalue weighted by Gasteiger charge is 2.30. The van der Waals surface area contributed by atoms with Crippen molar-refractivity contribution < 1.29 is 17.9 Å². The summed E-state index contributed by atoms with van der Waals surface area (Å²) in [5.74, 6) is 0.564. The van der Waals surface area contributed by atoms with Crippen LogP contribution in [0.15, 0.2) is 42.5 Å². The van der Waals surface area contributed by atoms with Crippen molar-refractivity contribution in [3.05, 3.63) is 58.9 Å². The minimum atomic E-state index is -4.69. The van der Waals surface area contributed by atoms with Gasteiger partial charge in [-0.1, -0.05) is 23.7 Å². The zero-order valence-corrected chi connectivity index (χ0v) is 12.8. The third kappa shape index (κ3) is 3.59. The quantitative estimate of drug-likeness (QED) is 0.675. The molecule has 23 heavy (non-hydrogen) atoms. The van der Waals surface area contributed by atoms with E-state index in [1.54, 1.807) is 18.2 Å². The molecule has 0 bridgehead atoms. The molecule has 0 N–H and O–H groups in total. The summed E-state index contributed by atoms with van der Waals surface area (Å²) in [5, 5.41) is 0.604. The van der Waals surface area contributed by atoms with Crippen molar-refractivity contribution in [2.75, 3.05) is 0 Å². The highest BCUT2D eigenvalue weighted by Crippen LogP contribution is 2.25. The normalized spacial score (nSPS) is 11.9. The van der Waals surface area contributed by atoms with Crippen LogP contribution >= 0.6 is 11.6 Å². The Hall–Kier alpha value is -2.21. The van der Waals surface area contributed by atoms with Crippen molar-refractivity contribution in [2.24, 2.45) is 0 Å². The lowest BCUT2D eigenvalue weighted by atomic mass is 10.2. The van der Waals surface area contributed by atoms with Crippen LogP contribution in [0.2, 0.25) is 5.02 Å². The highest BCUT2D eigenvalue weighted by molar-refractivity contribution is 6.31. The predicted octanol–water partition coefficient (Wildman–Crippen LogP) is 4.95. The monoisotopic (exact) mass is 340 g/mol. The van der Waals surface area contributed by atoms with Crippen LogP contribution in [-0.4, -0.2) is 15.9 Å². The number of aryl methyl sites for hydroxylation is 1. The van der Waals surface area contributed by atoms with E-state index in [1.165, 1.54) is 12.1 Å². The summed E-state index contributed by atoms with van der Waals surface area (Å²) in [6.45, 7) is 2.35. The molecule has 0 amide bonds. The van der Waals surface area contributed by atoms with E-state index in [0.717, 1.165) is 22.4 Å². The zero-order chi connectivity index (χ0) is 16.6. The Balaban J connectivity index is 1.87. The molecule has 0 atom stereocenters. The molecule has 3 nitrogen and oxygen atoms in total. The largest absolute Gasteiger partial charge is 0.573 e. The summed E-state index contributed by atoms with van der Waals surface area (Å²) in [6, 6.07) is 11.2. The molecule has 0 spiro atoms. The fourth-order valence-electron chi connectivity index (χ4n) is 2.40. The van der Waals surface area contributed by atoms with Crippen LogP contribution in [0, 0.1) is 6.92 Å². The van der Waals surface area contributed by atoms with Gasteiger partial charge in [-0.15, -0.1) is 13.2 Å². The third-order valence-corrected chi connectivity index (χ3v) is 3.63. The van der Waals surface area contributed by atoms with Gasteiger partial charge in [0.25, 0.3) is 0 Å². The standard InChI is InChI=1S/C16H12ClF3N2O/c1-10-21-14-7-4-12(17)8-15(14)22(10)9-11-2-5-13(6-3-11)23-16(18,19)20/h2-8H,9H2,1H3. The summed E-state index contributed by atoms with van der Waals surface area (Å²) in [5.41, 5.74) is 2.54. The predicted molar refractivity (Wildman–Crippen MR) is 81.7 cm³/mol. The SMILES string of the molecule is Cc1nc2ccc(Cl)cc2n1Cc1ccc(OC(F)(F)F)cc1. The van der Waals surface area contributed by atoms with Gasteiger partial charge >= 0.3 is 6.36 Å². The molecular weight excluding hydrogens is 329 g/mol. The Bertz CT molecular complexity index is 841. The van der Waals surface area contributed by atoms with Crippen LogP contribution in [0.25, 0.3) is 11.0 Å². The first-order chi connectivity index (χ1) is 10.8. The van der Waals surface area contributed by atoms with Gasteiger partial charge in [0.2, 0.25) is 0 Å². The van der Waals surface area contributed by atoms with Gasteiger partial charge < -0.3 is 9.30 Å². The summed E-state index contributed by atoms with van der Waals surface area (Å²) in [6.07, 6.45) is -4.69. The van der Waals surface area contributed by atoms with Gasteiger partial charge in [-0.25, -0.2) is 4.98 Å². The number of halogens is 4. The molecular formula is C16H12ClF3N2O. The number of fused-ring (bicyclic) bond motifs is 1. The maximum absolute atomic E-state index is 12.2. The molecule has 0 saturated carbocycles. The molecule has 0 radical (unpaired) electrons. The van der Waals surface area contributed by atoms with E-state index in [0.29, 0.717) is 11.6 Å². The van der Waals surface area contributed by atoms with Crippen molar-refractivity contribution in [1.29, 1.82) is 0 Å². The van der Waals surface area contributed by atoms with Crippen LogP contribution in [0.4, 0.5) is 13.2 Å². The number of hydrogen-bond acceptors (Lipinski definition) is 2. The van der Waals surface area contributed by atoms with Crippen molar-refractivity contribution in [3.8, 4) is 5.75 Å². The van der Waals surface area contributed by atoms with Gasteiger partial charge in [-0.05, 0) is 42.8 Å². The summed E-state index contributed by atoms with van der Waals surface area (Å²) < 4.78 is 42.3. The van der Waals surface area contributed by atoms with Crippen LogP contribution in [0.3, 0.4) is 0 Å². The van der Waals surface area contributed by atoms with Gasteiger partial charge in [0.05, 0.1) is 11.0 Å². The van der Waals surface area contributed by atoms with E-state index in [9.17, 15) is 13.2 Å². The zero-order valence-electron chi connectivity index (χ0n) is 12.1. The molecule has 1 heterocycles. The van der Waals surface area contributed by atoms with Crippen molar-refractivity contribution in [1.82, 2.24) is 9.55 Å². The van der Waals surface area contributed by atoms with Crippen molar-refractivity contribution in [2.45, 2.75) is 19.8 Å². The van der Waals surface area contributed by atoms with Crippen LogP contribution in [-0.2, 0) is 6.54 Å². The summed E-state index contributed by atoms with van der Waals surface area (Å²) in [4.78, 5) is 4.45. The second kappa shape index (κ2) is 5.77. The van der Waals surface area contributed by atoms with Crippen LogP contribution in [0.1, 0.15) is 11.4 Å². The maximum atomic E-state index is 12.2. The molecule has 0 aliphatic carbocycles. The smallest absolute Gasteiger partial charge is 0.406 e. The van der Waals surface area contributed by atoms with E-state index >= 15 is 0 Å². The fourth-order valence-corrected chi connectivity index (χ4v) is 2.56. The molecule has 0 saturated heterocycles. The number of aromatic nitrogens is 2. The Morgan fingerprint density at radius 2 is 1.83 bits per heavy atom. The number of nitrogens with zero attached hydrogens (tertiary/aromatic N) is 2. The molecule has 0 aliphatic rings. The molecule has 3 aromatic rings. The Kier molecular flexibility index (Phi) is 3.93. The van der Waals surface area contributed by atoms with Gasteiger partial charge in [-0.3, -0.25) is 0 Å². The fraction of sp³-hybridized carbons (Fsp3) is 0.188. The van der Waals surface area contributed by atoms with Crippen molar-refractivity contribution in [3.63, 3.8) is 0 Å². The van der Waals surface area contributed by atoms with E-state index in [4.69, 9.17) is 11.6 Å². The minimum Gasteiger partial charge on any atom is -0.406 e. The molecule has 0 aliphatic heterocycles. The first-order valence-electron chi connectivity index (χ1n) is 6.79. The first kappa shape index (κ1) is 15.7. The maximum Gasteiger partial charge on any atom is 0.573 e. The second-order valence-corrected chi connectivity index (χ2v) is 5.51.